The number of nitrogens with one attached hydrogen (secondary N) is 1. The van der Waals surface area contributed by atoms with Crippen LogP contribution in [-0.2, 0) is 9.53 Å². The summed E-state index contributed by atoms with van der Waals surface area (Å²) in [5.74, 6) is -0.206. The highest BCUT2D eigenvalue weighted by molar-refractivity contribution is 5.97. The Balaban J connectivity index is 2.61. The number of benzene rings is 1. The largest absolute Gasteiger partial charge is 0.444 e. The molecule has 0 unspecified atom stereocenters. The van der Waals surface area contributed by atoms with E-state index in [-0.39, 0.29) is 5.91 Å². The Morgan fingerprint density at radius 1 is 1.20 bits per heavy atom. The predicted molar refractivity (Wildman–Crippen MR) is 78.7 cm³/mol. The van der Waals surface area contributed by atoms with E-state index >= 15 is 0 Å². The Morgan fingerprint density at radius 2 is 1.75 bits per heavy atom. The van der Waals surface area contributed by atoms with Crippen LogP contribution in [-0.4, -0.2) is 30.7 Å². The fraction of sp³-hybridized carbons (Fsp3) is 0.467. The quantitative estimate of drug-likeness (QED) is 0.924. The van der Waals surface area contributed by atoms with Gasteiger partial charge in [-0.1, -0.05) is 18.2 Å². The Hall–Kier alpha value is -2.04. The third-order valence-electron chi connectivity index (χ3n) is 2.58. The SMILES string of the molecule is C[C@H](NC(=O)OC(C)(C)C)C(=O)N(C)c1ccccc1. The van der Waals surface area contributed by atoms with Crippen molar-refractivity contribution in [2.24, 2.45) is 0 Å². The average molecular weight is 278 g/mol. The minimum Gasteiger partial charge on any atom is -0.444 e. The van der Waals surface area contributed by atoms with Crippen molar-refractivity contribution in [1.29, 1.82) is 0 Å². The molecule has 2 amide bonds. The number of alkyl carbamates (subject to hydrolysis) is 1. The first-order valence-electron chi connectivity index (χ1n) is 6.53. The molecule has 110 valence electrons. The first kappa shape index (κ1) is 16.0. The van der Waals surface area contributed by atoms with E-state index in [1.165, 1.54) is 4.90 Å². The number of likely N-dealkylation sites (N-methyl/N-ethyl adjacent to an activating group) is 1. The summed E-state index contributed by atoms with van der Waals surface area (Å²) in [5.41, 5.74) is 0.188. The topological polar surface area (TPSA) is 58.6 Å². The van der Waals surface area contributed by atoms with Gasteiger partial charge in [0.25, 0.3) is 0 Å². The number of para-hydroxylation sites is 1. The number of carbonyl (C=O) groups excluding carboxylic acids is 2. The van der Waals surface area contributed by atoms with E-state index in [0.29, 0.717) is 0 Å². The number of hydrogen-bond donors (Lipinski definition) is 1. The molecular formula is C15H22N2O3. The van der Waals surface area contributed by atoms with E-state index in [2.05, 4.69) is 5.32 Å². The molecule has 0 fully saturated rings. The lowest BCUT2D eigenvalue weighted by Gasteiger charge is -2.24. The summed E-state index contributed by atoms with van der Waals surface area (Å²) in [6.45, 7) is 6.95. The maximum absolute atomic E-state index is 12.2. The second-order valence-corrected chi connectivity index (χ2v) is 5.60. The third kappa shape index (κ3) is 4.91. The molecule has 0 aliphatic heterocycles. The lowest BCUT2D eigenvalue weighted by atomic mass is 10.2. The van der Waals surface area contributed by atoms with Crippen LogP contribution >= 0.6 is 0 Å². The van der Waals surface area contributed by atoms with Crippen LogP contribution in [0.1, 0.15) is 27.7 Å². The maximum atomic E-state index is 12.2. The molecule has 1 aromatic rings. The fourth-order valence-electron chi connectivity index (χ4n) is 1.62. The summed E-state index contributed by atoms with van der Waals surface area (Å²) < 4.78 is 5.12. The second kappa shape index (κ2) is 6.41. The van der Waals surface area contributed by atoms with Crippen LogP contribution in [0.5, 0.6) is 0 Å². The van der Waals surface area contributed by atoms with Crippen LogP contribution < -0.4 is 10.2 Å². The highest BCUT2D eigenvalue weighted by Crippen LogP contribution is 2.12. The van der Waals surface area contributed by atoms with Crippen LogP contribution in [0, 0.1) is 0 Å². The van der Waals surface area contributed by atoms with Gasteiger partial charge in [0.1, 0.15) is 11.6 Å². The van der Waals surface area contributed by atoms with Gasteiger partial charge in [0.15, 0.2) is 0 Å². The number of hydrogen-bond acceptors (Lipinski definition) is 3. The van der Waals surface area contributed by atoms with E-state index < -0.39 is 17.7 Å². The zero-order valence-electron chi connectivity index (χ0n) is 12.6. The number of carbonyl (C=O) groups is 2. The van der Waals surface area contributed by atoms with Crippen molar-refractivity contribution in [1.82, 2.24) is 5.32 Å². The van der Waals surface area contributed by atoms with Gasteiger partial charge in [-0.3, -0.25) is 4.79 Å². The molecule has 1 aromatic carbocycles. The van der Waals surface area contributed by atoms with Crippen LogP contribution in [0.4, 0.5) is 10.5 Å². The fourth-order valence-corrected chi connectivity index (χ4v) is 1.62. The predicted octanol–water partition coefficient (Wildman–Crippen LogP) is 2.56. The number of nitrogens with zero attached hydrogens (tertiary/aromatic N) is 1. The molecule has 1 rings (SSSR count). The molecule has 0 saturated carbocycles. The summed E-state index contributed by atoms with van der Waals surface area (Å²) >= 11 is 0. The van der Waals surface area contributed by atoms with Gasteiger partial charge in [-0.15, -0.1) is 0 Å². The molecule has 5 nitrogen and oxygen atoms in total. The summed E-state index contributed by atoms with van der Waals surface area (Å²) in [4.78, 5) is 25.3. The van der Waals surface area contributed by atoms with Crippen LogP contribution in [0.2, 0.25) is 0 Å². The number of rotatable bonds is 3. The number of ether oxygens (including phenoxy) is 1. The van der Waals surface area contributed by atoms with E-state index in [9.17, 15) is 9.59 Å². The molecule has 1 N–H and O–H groups in total. The van der Waals surface area contributed by atoms with Crippen LogP contribution in [0.15, 0.2) is 30.3 Å². The van der Waals surface area contributed by atoms with Gasteiger partial charge >= 0.3 is 6.09 Å². The van der Waals surface area contributed by atoms with Gasteiger partial charge in [0.05, 0.1) is 0 Å². The van der Waals surface area contributed by atoms with Gasteiger partial charge in [-0.2, -0.15) is 0 Å². The Kier molecular flexibility index (Phi) is 5.13. The number of anilines is 1. The smallest absolute Gasteiger partial charge is 0.408 e. The van der Waals surface area contributed by atoms with Crippen LogP contribution in [0.25, 0.3) is 0 Å². The Labute approximate surface area is 119 Å². The molecular weight excluding hydrogens is 256 g/mol. The molecule has 0 aromatic heterocycles. The first-order chi connectivity index (χ1) is 9.20. The molecule has 20 heavy (non-hydrogen) atoms. The average Bonchev–Trinajstić information content (AvgIpc) is 2.35. The highest BCUT2D eigenvalue weighted by atomic mass is 16.6. The Bertz CT molecular complexity index is 466. The molecule has 0 radical (unpaired) electrons. The Morgan fingerprint density at radius 3 is 2.25 bits per heavy atom. The van der Waals surface area contributed by atoms with Crippen molar-refractivity contribution < 1.29 is 14.3 Å². The van der Waals surface area contributed by atoms with Gasteiger partial charge in [-0.05, 0) is 39.8 Å². The summed E-state index contributed by atoms with van der Waals surface area (Å²) in [7, 11) is 1.67. The zero-order valence-corrected chi connectivity index (χ0v) is 12.6. The van der Waals surface area contributed by atoms with Gasteiger partial charge < -0.3 is 15.0 Å². The second-order valence-electron chi connectivity index (χ2n) is 5.60. The molecule has 0 saturated heterocycles. The minimum absolute atomic E-state index is 0.206. The normalized spacial score (nSPS) is 12.4. The standard InChI is InChI=1S/C15H22N2O3/c1-11(16-14(19)20-15(2,3)4)13(18)17(5)12-9-7-6-8-10-12/h6-11H,1-5H3,(H,16,19)/t11-/m0/s1. The molecule has 0 heterocycles. The highest BCUT2D eigenvalue weighted by Gasteiger charge is 2.23. The van der Waals surface area contributed by atoms with Crippen molar-refractivity contribution in [2.45, 2.75) is 39.3 Å². The molecule has 0 spiro atoms. The molecule has 0 aliphatic carbocycles. The van der Waals surface area contributed by atoms with Crippen LogP contribution in [0.3, 0.4) is 0 Å². The van der Waals surface area contributed by atoms with E-state index in [1.807, 2.05) is 30.3 Å². The van der Waals surface area contributed by atoms with Gasteiger partial charge in [0, 0.05) is 12.7 Å². The third-order valence-corrected chi connectivity index (χ3v) is 2.58. The van der Waals surface area contributed by atoms with Crippen molar-refractivity contribution in [3.8, 4) is 0 Å². The summed E-state index contributed by atoms with van der Waals surface area (Å²) in [6, 6.07) is 8.59. The van der Waals surface area contributed by atoms with Crippen molar-refractivity contribution in [2.75, 3.05) is 11.9 Å². The lowest BCUT2D eigenvalue weighted by molar-refractivity contribution is -0.120. The van der Waals surface area contributed by atoms with Crippen molar-refractivity contribution in [3.05, 3.63) is 30.3 Å². The van der Waals surface area contributed by atoms with Gasteiger partial charge in [0.2, 0.25) is 5.91 Å². The molecule has 0 bridgehead atoms. The van der Waals surface area contributed by atoms with E-state index in [4.69, 9.17) is 4.74 Å². The van der Waals surface area contributed by atoms with E-state index in [0.717, 1.165) is 5.69 Å². The van der Waals surface area contributed by atoms with Gasteiger partial charge in [-0.25, -0.2) is 4.79 Å². The molecule has 0 aliphatic rings. The van der Waals surface area contributed by atoms with Crippen molar-refractivity contribution >= 4 is 17.7 Å². The number of amides is 2. The summed E-state index contributed by atoms with van der Waals surface area (Å²) in [5, 5.41) is 2.53. The monoisotopic (exact) mass is 278 g/mol. The minimum atomic E-state index is -0.657. The zero-order chi connectivity index (χ0) is 15.3. The molecule has 1 atom stereocenters. The molecule has 5 heteroatoms. The lowest BCUT2D eigenvalue weighted by Crippen LogP contribution is -2.47. The first-order valence-corrected chi connectivity index (χ1v) is 6.53. The van der Waals surface area contributed by atoms with E-state index in [1.54, 1.807) is 34.7 Å². The van der Waals surface area contributed by atoms with Crippen molar-refractivity contribution in [3.63, 3.8) is 0 Å². The maximum Gasteiger partial charge on any atom is 0.408 e. The summed E-state index contributed by atoms with van der Waals surface area (Å²) in [6.07, 6.45) is -0.597.